The molecule has 0 aliphatic heterocycles. The maximum atomic E-state index is 11.9. The van der Waals surface area contributed by atoms with Crippen LogP contribution in [-0.2, 0) is 9.59 Å². The predicted molar refractivity (Wildman–Crippen MR) is 93.3 cm³/mol. The van der Waals surface area contributed by atoms with Crippen LogP contribution in [0.2, 0.25) is 0 Å². The van der Waals surface area contributed by atoms with Gasteiger partial charge in [0, 0.05) is 12.2 Å². The molecule has 1 aliphatic carbocycles. The number of benzene rings is 1. The molecule has 0 heterocycles. The maximum Gasteiger partial charge on any atom is 0.233 e. The predicted octanol–water partition coefficient (Wildman–Crippen LogP) is 3.64. The van der Waals surface area contributed by atoms with Crippen LogP contribution >= 0.6 is 0 Å². The van der Waals surface area contributed by atoms with E-state index in [9.17, 15) is 9.59 Å². The molecule has 4 nitrogen and oxygen atoms in total. The van der Waals surface area contributed by atoms with Gasteiger partial charge in [0.1, 0.15) is 6.42 Å². The minimum Gasteiger partial charge on any atom is -0.355 e. The summed E-state index contributed by atoms with van der Waals surface area (Å²) in [7, 11) is 0. The summed E-state index contributed by atoms with van der Waals surface area (Å²) in [6, 6.07) is 5.73. The highest BCUT2D eigenvalue weighted by Gasteiger charge is 2.10. The minimum absolute atomic E-state index is 0.133. The smallest absolute Gasteiger partial charge is 0.233 e. The van der Waals surface area contributed by atoms with Crippen LogP contribution in [0.3, 0.4) is 0 Å². The van der Waals surface area contributed by atoms with Gasteiger partial charge in [0.05, 0.1) is 0 Å². The van der Waals surface area contributed by atoms with Crippen molar-refractivity contribution >= 4 is 17.5 Å². The van der Waals surface area contributed by atoms with E-state index < -0.39 is 0 Å². The molecule has 0 unspecified atom stereocenters. The van der Waals surface area contributed by atoms with Crippen molar-refractivity contribution in [3.8, 4) is 0 Å². The molecule has 0 atom stereocenters. The number of anilines is 1. The Labute approximate surface area is 138 Å². The van der Waals surface area contributed by atoms with Gasteiger partial charge in [0.2, 0.25) is 11.8 Å². The number of rotatable bonds is 6. The van der Waals surface area contributed by atoms with E-state index in [1.165, 1.54) is 24.0 Å². The van der Waals surface area contributed by atoms with E-state index in [0.717, 1.165) is 30.5 Å². The second-order valence-electron chi connectivity index (χ2n) is 6.23. The largest absolute Gasteiger partial charge is 0.355 e. The van der Waals surface area contributed by atoms with Crippen LogP contribution in [0.1, 0.15) is 49.7 Å². The van der Waals surface area contributed by atoms with Gasteiger partial charge in [0.25, 0.3) is 0 Å². The van der Waals surface area contributed by atoms with Crippen molar-refractivity contribution in [2.75, 3.05) is 11.9 Å². The first-order chi connectivity index (χ1) is 11.0. The third kappa shape index (κ3) is 5.89. The summed E-state index contributed by atoms with van der Waals surface area (Å²) in [5.74, 6) is -0.495. The van der Waals surface area contributed by atoms with Crippen molar-refractivity contribution in [2.45, 2.75) is 52.4 Å². The van der Waals surface area contributed by atoms with E-state index in [4.69, 9.17) is 0 Å². The molecule has 23 heavy (non-hydrogen) atoms. The number of aryl methyl sites for hydroxylation is 2. The normalized spacial score (nSPS) is 14.1. The zero-order valence-corrected chi connectivity index (χ0v) is 14.1. The molecule has 0 bridgehead atoms. The molecule has 124 valence electrons. The molecule has 0 aromatic heterocycles. The highest BCUT2D eigenvalue weighted by Crippen LogP contribution is 2.19. The van der Waals surface area contributed by atoms with E-state index in [1.807, 2.05) is 32.0 Å². The Hall–Kier alpha value is -2.10. The van der Waals surface area contributed by atoms with Gasteiger partial charge < -0.3 is 10.6 Å². The van der Waals surface area contributed by atoms with Crippen molar-refractivity contribution in [1.29, 1.82) is 0 Å². The molecule has 1 aromatic carbocycles. The highest BCUT2D eigenvalue weighted by atomic mass is 16.2. The standard InChI is InChI=1S/C19H26N2O2/c1-14-8-9-17(12-15(14)2)21-19(23)13-18(22)20-11-10-16-6-4-3-5-7-16/h6,8-9,12H,3-5,7,10-11,13H2,1-2H3,(H,20,22)(H,21,23). The van der Waals surface area contributed by atoms with Crippen LogP contribution in [0.5, 0.6) is 0 Å². The number of allylic oxidation sites excluding steroid dienone is 1. The molecule has 1 aromatic rings. The maximum absolute atomic E-state index is 11.9. The Morgan fingerprint density at radius 2 is 1.91 bits per heavy atom. The Morgan fingerprint density at radius 1 is 1.09 bits per heavy atom. The molecule has 0 spiro atoms. The van der Waals surface area contributed by atoms with E-state index in [-0.39, 0.29) is 18.2 Å². The second kappa shape index (κ2) is 8.51. The lowest BCUT2D eigenvalue weighted by molar-refractivity contribution is -0.126. The van der Waals surface area contributed by atoms with Crippen molar-refractivity contribution < 1.29 is 9.59 Å². The van der Waals surface area contributed by atoms with Gasteiger partial charge in [-0.3, -0.25) is 9.59 Å². The Bertz CT molecular complexity index is 605. The summed E-state index contributed by atoms with van der Waals surface area (Å²) in [5, 5.41) is 5.60. The lowest BCUT2D eigenvalue weighted by atomic mass is 9.97. The number of carbonyl (C=O) groups is 2. The van der Waals surface area contributed by atoms with Crippen molar-refractivity contribution in [1.82, 2.24) is 5.32 Å². The molecule has 2 N–H and O–H groups in total. The SMILES string of the molecule is Cc1ccc(NC(=O)CC(=O)NCCC2=CCCCC2)cc1C. The van der Waals surface area contributed by atoms with Gasteiger partial charge in [0.15, 0.2) is 0 Å². The van der Waals surface area contributed by atoms with Gasteiger partial charge in [-0.1, -0.05) is 17.7 Å². The number of nitrogens with one attached hydrogen (secondary N) is 2. The molecule has 2 amide bonds. The molecule has 0 saturated carbocycles. The summed E-state index contributed by atoms with van der Waals surface area (Å²) >= 11 is 0. The molecule has 2 rings (SSSR count). The second-order valence-corrected chi connectivity index (χ2v) is 6.23. The van der Waals surface area contributed by atoms with E-state index in [2.05, 4.69) is 16.7 Å². The average molecular weight is 314 g/mol. The van der Waals surface area contributed by atoms with Gasteiger partial charge in [-0.25, -0.2) is 0 Å². The summed E-state index contributed by atoms with van der Waals surface area (Å²) in [6.45, 7) is 4.63. The topological polar surface area (TPSA) is 58.2 Å². The first kappa shape index (κ1) is 17.3. The van der Waals surface area contributed by atoms with E-state index in [1.54, 1.807) is 0 Å². The monoisotopic (exact) mass is 314 g/mol. The summed E-state index contributed by atoms with van der Waals surface area (Å²) in [5.41, 5.74) is 4.46. The molecule has 4 heteroatoms. The van der Waals surface area contributed by atoms with E-state index >= 15 is 0 Å². The Balaban J connectivity index is 1.70. The van der Waals surface area contributed by atoms with Gasteiger partial charge in [-0.15, -0.1) is 0 Å². The molecule has 0 radical (unpaired) electrons. The van der Waals surface area contributed by atoms with Crippen LogP contribution in [0.25, 0.3) is 0 Å². The molecular formula is C19H26N2O2. The summed E-state index contributed by atoms with van der Waals surface area (Å²) < 4.78 is 0. The van der Waals surface area contributed by atoms with Crippen LogP contribution < -0.4 is 10.6 Å². The van der Waals surface area contributed by atoms with Crippen LogP contribution in [-0.4, -0.2) is 18.4 Å². The number of carbonyl (C=O) groups excluding carboxylic acids is 2. The van der Waals surface area contributed by atoms with Crippen molar-refractivity contribution in [2.24, 2.45) is 0 Å². The third-order valence-electron chi connectivity index (χ3n) is 4.27. The van der Waals surface area contributed by atoms with Crippen LogP contribution in [0.15, 0.2) is 29.8 Å². The summed E-state index contributed by atoms with van der Waals surface area (Å²) in [4.78, 5) is 23.7. The molecular weight excluding hydrogens is 288 g/mol. The lowest BCUT2D eigenvalue weighted by Gasteiger charge is -2.13. The van der Waals surface area contributed by atoms with E-state index in [0.29, 0.717) is 6.54 Å². The average Bonchev–Trinajstić information content (AvgIpc) is 2.52. The van der Waals surface area contributed by atoms with Crippen LogP contribution in [0, 0.1) is 13.8 Å². The van der Waals surface area contributed by atoms with Crippen molar-refractivity contribution in [3.63, 3.8) is 0 Å². The zero-order valence-electron chi connectivity index (χ0n) is 14.1. The van der Waals surface area contributed by atoms with Gasteiger partial charge >= 0.3 is 0 Å². The lowest BCUT2D eigenvalue weighted by Crippen LogP contribution is -2.29. The third-order valence-corrected chi connectivity index (χ3v) is 4.27. The zero-order chi connectivity index (χ0) is 16.7. The quantitative estimate of drug-likeness (QED) is 0.622. The fourth-order valence-corrected chi connectivity index (χ4v) is 2.73. The molecule has 1 aliphatic rings. The first-order valence-corrected chi connectivity index (χ1v) is 8.36. The van der Waals surface area contributed by atoms with Gasteiger partial charge in [-0.2, -0.15) is 0 Å². The Kier molecular flexibility index (Phi) is 6.39. The minimum atomic E-state index is -0.275. The fourth-order valence-electron chi connectivity index (χ4n) is 2.73. The number of hydrogen-bond acceptors (Lipinski definition) is 2. The summed E-state index contributed by atoms with van der Waals surface area (Å²) in [6.07, 6.45) is 7.86. The van der Waals surface area contributed by atoms with Crippen LogP contribution in [0.4, 0.5) is 5.69 Å². The number of hydrogen-bond donors (Lipinski definition) is 2. The molecule has 0 saturated heterocycles. The van der Waals surface area contributed by atoms with Crippen molar-refractivity contribution in [3.05, 3.63) is 41.0 Å². The molecule has 0 fully saturated rings. The van der Waals surface area contributed by atoms with Gasteiger partial charge in [-0.05, 0) is 69.2 Å². The fraction of sp³-hybridized carbons (Fsp3) is 0.474. The first-order valence-electron chi connectivity index (χ1n) is 8.36. The Morgan fingerprint density at radius 3 is 2.61 bits per heavy atom. The number of amides is 2. The highest BCUT2D eigenvalue weighted by molar-refractivity contribution is 6.03.